The molecule has 2 rings (SSSR count). The van der Waals surface area contributed by atoms with Crippen molar-refractivity contribution in [3.63, 3.8) is 0 Å². The summed E-state index contributed by atoms with van der Waals surface area (Å²) in [4.78, 5) is 13.2. The van der Waals surface area contributed by atoms with Gasteiger partial charge in [-0.3, -0.25) is 0 Å². The molecule has 0 N–H and O–H groups in total. The zero-order valence-corrected chi connectivity index (χ0v) is 12.9. The van der Waals surface area contributed by atoms with Gasteiger partial charge in [-0.05, 0) is 6.92 Å². The first-order valence-electron chi connectivity index (χ1n) is 6.98. The van der Waals surface area contributed by atoms with Crippen molar-refractivity contribution in [2.24, 2.45) is 0 Å². The number of allylic oxidation sites excluding steroid dienone is 4. The minimum atomic E-state index is 0.612. The summed E-state index contributed by atoms with van der Waals surface area (Å²) in [6.07, 6.45) is 5.24. The smallest absolute Gasteiger partial charge is 0.163 e. The highest BCUT2D eigenvalue weighted by atomic mass is 15.0. The SMILES string of the molecule is C=C/C=C(\C=C)c1nc(C)nc(-c2ccccc2)n1.CC. The molecule has 2 aromatic rings. The van der Waals surface area contributed by atoms with Gasteiger partial charge >= 0.3 is 0 Å². The first-order chi connectivity index (χ1) is 10.2. The van der Waals surface area contributed by atoms with Crippen molar-refractivity contribution in [3.05, 3.63) is 73.4 Å². The van der Waals surface area contributed by atoms with Crippen molar-refractivity contribution in [1.82, 2.24) is 15.0 Å². The Balaban J connectivity index is 0.00000106. The fourth-order valence-corrected chi connectivity index (χ4v) is 1.69. The second kappa shape index (κ2) is 8.59. The van der Waals surface area contributed by atoms with Crippen LogP contribution in [0, 0.1) is 6.92 Å². The Morgan fingerprint density at radius 3 is 2.24 bits per heavy atom. The van der Waals surface area contributed by atoms with E-state index >= 15 is 0 Å². The van der Waals surface area contributed by atoms with Gasteiger partial charge in [0.2, 0.25) is 0 Å². The first kappa shape index (κ1) is 16.5. The van der Waals surface area contributed by atoms with Crippen LogP contribution < -0.4 is 0 Å². The molecule has 0 saturated carbocycles. The number of hydrogen-bond donors (Lipinski definition) is 0. The third-order valence-electron chi connectivity index (χ3n) is 2.55. The van der Waals surface area contributed by atoms with Crippen molar-refractivity contribution in [3.8, 4) is 11.4 Å². The van der Waals surface area contributed by atoms with Crippen LogP contribution in [0.5, 0.6) is 0 Å². The Kier molecular flexibility index (Phi) is 6.75. The van der Waals surface area contributed by atoms with E-state index in [4.69, 9.17) is 0 Å². The van der Waals surface area contributed by atoms with Crippen LogP contribution in [0.2, 0.25) is 0 Å². The number of benzene rings is 1. The summed E-state index contributed by atoms with van der Waals surface area (Å²) >= 11 is 0. The molecule has 1 heterocycles. The van der Waals surface area contributed by atoms with E-state index in [2.05, 4.69) is 28.1 Å². The highest BCUT2D eigenvalue weighted by Crippen LogP contribution is 2.17. The summed E-state index contributed by atoms with van der Waals surface area (Å²) in [5.74, 6) is 1.96. The molecule has 0 atom stereocenters. The van der Waals surface area contributed by atoms with E-state index < -0.39 is 0 Å². The Bertz CT molecular complexity index is 628. The number of hydrogen-bond acceptors (Lipinski definition) is 3. The second-order valence-electron chi connectivity index (χ2n) is 3.96. The van der Waals surface area contributed by atoms with Gasteiger partial charge in [0.1, 0.15) is 5.82 Å². The Morgan fingerprint density at radius 1 is 1.00 bits per heavy atom. The van der Waals surface area contributed by atoms with Crippen LogP contribution in [-0.2, 0) is 0 Å². The maximum Gasteiger partial charge on any atom is 0.163 e. The number of aryl methyl sites for hydroxylation is 1. The van der Waals surface area contributed by atoms with Crippen molar-refractivity contribution < 1.29 is 0 Å². The lowest BCUT2D eigenvalue weighted by molar-refractivity contribution is 0.962. The van der Waals surface area contributed by atoms with Gasteiger partial charge in [-0.1, -0.05) is 75.6 Å². The quantitative estimate of drug-likeness (QED) is 0.766. The standard InChI is InChI=1S/C16H15N3.C2H6/c1-4-9-13(5-2)15-17-12(3)18-16(19-15)14-10-7-6-8-11-14;1-2/h4-11H,1-2H2,3H3;1-2H3/b13-9+;. The van der Waals surface area contributed by atoms with E-state index in [0.29, 0.717) is 17.5 Å². The molecule has 1 aromatic carbocycles. The largest absolute Gasteiger partial charge is 0.213 e. The van der Waals surface area contributed by atoms with Crippen LogP contribution in [-0.4, -0.2) is 15.0 Å². The van der Waals surface area contributed by atoms with Crippen molar-refractivity contribution in [2.45, 2.75) is 20.8 Å². The molecule has 0 bridgehead atoms. The molecule has 3 nitrogen and oxygen atoms in total. The monoisotopic (exact) mass is 279 g/mol. The molecule has 3 heteroatoms. The number of nitrogens with zero attached hydrogens (tertiary/aromatic N) is 3. The van der Waals surface area contributed by atoms with E-state index in [9.17, 15) is 0 Å². The molecule has 0 saturated heterocycles. The van der Waals surface area contributed by atoms with Gasteiger partial charge < -0.3 is 0 Å². The second-order valence-corrected chi connectivity index (χ2v) is 3.96. The zero-order chi connectivity index (χ0) is 15.7. The van der Waals surface area contributed by atoms with Gasteiger partial charge in [0.25, 0.3) is 0 Å². The van der Waals surface area contributed by atoms with E-state index in [1.54, 1.807) is 12.2 Å². The van der Waals surface area contributed by atoms with Crippen LogP contribution in [0.25, 0.3) is 17.0 Å². The van der Waals surface area contributed by atoms with Gasteiger partial charge in [-0.2, -0.15) is 0 Å². The minimum Gasteiger partial charge on any atom is -0.213 e. The summed E-state index contributed by atoms with van der Waals surface area (Å²) in [5.41, 5.74) is 1.80. The molecular formula is C18H21N3. The predicted octanol–water partition coefficient (Wildman–Crippen LogP) is 4.63. The number of aromatic nitrogens is 3. The van der Waals surface area contributed by atoms with Crippen molar-refractivity contribution >= 4 is 5.57 Å². The Labute approximate surface area is 126 Å². The molecular weight excluding hydrogens is 258 g/mol. The summed E-state index contributed by atoms with van der Waals surface area (Å²) in [7, 11) is 0. The molecule has 1 aromatic heterocycles. The summed E-state index contributed by atoms with van der Waals surface area (Å²) in [6.45, 7) is 13.3. The van der Waals surface area contributed by atoms with Crippen LogP contribution in [0.4, 0.5) is 0 Å². The van der Waals surface area contributed by atoms with Gasteiger partial charge in [0.15, 0.2) is 11.6 Å². The molecule has 0 amide bonds. The predicted molar refractivity (Wildman–Crippen MR) is 89.7 cm³/mol. The van der Waals surface area contributed by atoms with Crippen LogP contribution in [0.1, 0.15) is 25.5 Å². The van der Waals surface area contributed by atoms with Crippen molar-refractivity contribution in [2.75, 3.05) is 0 Å². The molecule has 0 aliphatic heterocycles. The van der Waals surface area contributed by atoms with Gasteiger partial charge in [0, 0.05) is 11.1 Å². The topological polar surface area (TPSA) is 38.7 Å². The Hall–Kier alpha value is -2.55. The van der Waals surface area contributed by atoms with Crippen molar-refractivity contribution in [1.29, 1.82) is 0 Å². The maximum atomic E-state index is 4.48. The van der Waals surface area contributed by atoms with Gasteiger partial charge in [-0.15, -0.1) is 0 Å². The lowest BCUT2D eigenvalue weighted by Crippen LogP contribution is -2.01. The molecule has 0 aliphatic rings. The highest BCUT2D eigenvalue weighted by Gasteiger charge is 2.07. The minimum absolute atomic E-state index is 0.612. The maximum absolute atomic E-state index is 4.48. The van der Waals surface area contributed by atoms with Gasteiger partial charge in [-0.25, -0.2) is 15.0 Å². The third-order valence-corrected chi connectivity index (χ3v) is 2.55. The third kappa shape index (κ3) is 4.49. The lowest BCUT2D eigenvalue weighted by atomic mass is 10.2. The summed E-state index contributed by atoms with van der Waals surface area (Å²) < 4.78 is 0. The molecule has 108 valence electrons. The molecule has 0 spiro atoms. The van der Waals surface area contributed by atoms with E-state index in [1.165, 1.54) is 0 Å². The Morgan fingerprint density at radius 2 is 1.67 bits per heavy atom. The number of rotatable bonds is 4. The summed E-state index contributed by atoms with van der Waals surface area (Å²) in [6, 6.07) is 9.84. The van der Waals surface area contributed by atoms with Crippen LogP contribution in [0.3, 0.4) is 0 Å². The highest BCUT2D eigenvalue weighted by molar-refractivity contribution is 5.71. The average Bonchev–Trinajstić information content (AvgIpc) is 2.54. The molecule has 0 unspecified atom stereocenters. The first-order valence-corrected chi connectivity index (χ1v) is 6.98. The zero-order valence-electron chi connectivity index (χ0n) is 12.9. The fourth-order valence-electron chi connectivity index (χ4n) is 1.69. The molecule has 21 heavy (non-hydrogen) atoms. The van der Waals surface area contributed by atoms with Crippen LogP contribution in [0.15, 0.2) is 61.7 Å². The normalized spacial score (nSPS) is 10.3. The lowest BCUT2D eigenvalue weighted by Gasteiger charge is -2.05. The molecule has 0 radical (unpaired) electrons. The van der Waals surface area contributed by atoms with Crippen LogP contribution >= 0.6 is 0 Å². The van der Waals surface area contributed by atoms with E-state index in [0.717, 1.165) is 11.1 Å². The van der Waals surface area contributed by atoms with Gasteiger partial charge in [0.05, 0.1) is 0 Å². The summed E-state index contributed by atoms with van der Waals surface area (Å²) in [5, 5.41) is 0. The fraction of sp³-hybridized carbons (Fsp3) is 0.167. The average molecular weight is 279 g/mol. The van der Waals surface area contributed by atoms with E-state index in [1.807, 2.05) is 57.2 Å². The molecule has 0 fully saturated rings. The van der Waals surface area contributed by atoms with E-state index in [-0.39, 0.29) is 0 Å². The molecule has 0 aliphatic carbocycles.